The van der Waals surface area contributed by atoms with E-state index in [9.17, 15) is 0 Å². The minimum atomic E-state index is 0.126. The summed E-state index contributed by atoms with van der Waals surface area (Å²) in [7, 11) is 1.79. The molecule has 0 N–H and O–H groups in total. The van der Waals surface area contributed by atoms with E-state index in [1.165, 1.54) is 32.1 Å². The Morgan fingerprint density at radius 2 is 2.04 bits per heavy atom. The van der Waals surface area contributed by atoms with Crippen LogP contribution in [0.4, 0.5) is 0 Å². The molecule has 0 radical (unpaired) electrons. The molecule has 1 aliphatic rings. The van der Waals surface area contributed by atoms with Crippen molar-refractivity contribution in [1.82, 2.24) is 4.67 Å². The summed E-state index contributed by atoms with van der Waals surface area (Å²) in [5.41, 5.74) is 1.04. The standard InChI is InChI=1S/C23H40NO2/c1-6-9-10-11-12-13-14-16-20-17-19(4)18-24-23(26-20)21(15-7-2)22(8-3)25-5/h13-14,18,20-22H,4,6-12,15-17H2,1-3,5H3/q+1/b14-13+. The van der Waals surface area contributed by atoms with Crippen molar-refractivity contribution in [2.45, 2.75) is 97.2 Å². The van der Waals surface area contributed by atoms with Gasteiger partial charge in [-0.3, -0.25) is 0 Å². The van der Waals surface area contributed by atoms with Crippen molar-refractivity contribution in [1.29, 1.82) is 0 Å². The highest BCUT2D eigenvalue weighted by atomic mass is 16.5. The third kappa shape index (κ3) is 8.38. The smallest absolute Gasteiger partial charge is 0.431 e. The van der Waals surface area contributed by atoms with Gasteiger partial charge < -0.3 is 9.47 Å². The lowest BCUT2D eigenvalue weighted by molar-refractivity contribution is 0.0538. The van der Waals surface area contributed by atoms with Gasteiger partial charge in [0.2, 0.25) is 0 Å². The summed E-state index contributed by atoms with van der Waals surface area (Å²) in [4.78, 5) is 0. The Balaban J connectivity index is 2.67. The molecule has 0 aromatic heterocycles. The monoisotopic (exact) mass is 362 g/mol. The molecule has 0 spiro atoms. The van der Waals surface area contributed by atoms with Gasteiger partial charge in [-0.05, 0) is 25.7 Å². The van der Waals surface area contributed by atoms with Crippen LogP contribution in [0.15, 0.2) is 24.3 Å². The van der Waals surface area contributed by atoms with Crippen molar-refractivity contribution in [2.24, 2.45) is 5.92 Å². The Bertz CT molecular complexity index is 484. The third-order valence-corrected chi connectivity index (χ3v) is 5.01. The van der Waals surface area contributed by atoms with Gasteiger partial charge in [-0.1, -0.05) is 69.9 Å². The Labute approximate surface area is 161 Å². The summed E-state index contributed by atoms with van der Waals surface area (Å²) in [5, 5.41) is 0. The van der Waals surface area contributed by atoms with Crippen LogP contribution in [0.1, 0.15) is 85.0 Å². The van der Waals surface area contributed by atoms with E-state index in [0.29, 0.717) is 0 Å². The molecule has 0 fully saturated rings. The fourth-order valence-corrected chi connectivity index (χ4v) is 3.51. The van der Waals surface area contributed by atoms with Crippen molar-refractivity contribution in [3.63, 3.8) is 0 Å². The highest BCUT2D eigenvalue weighted by molar-refractivity contribution is 5.87. The first-order valence-corrected chi connectivity index (χ1v) is 10.6. The highest BCUT2D eigenvalue weighted by Crippen LogP contribution is 2.22. The van der Waals surface area contributed by atoms with Crippen LogP contribution in [-0.2, 0) is 9.47 Å². The minimum absolute atomic E-state index is 0.126. The maximum atomic E-state index is 6.35. The van der Waals surface area contributed by atoms with Gasteiger partial charge in [-0.25, -0.2) is 0 Å². The Kier molecular flexibility index (Phi) is 12.1. The maximum absolute atomic E-state index is 6.35. The van der Waals surface area contributed by atoms with Crippen molar-refractivity contribution < 1.29 is 9.47 Å². The number of hydrogen-bond donors (Lipinski definition) is 0. The van der Waals surface area contributed by atoms with E-state index in [-0.39, 0.29) is 18.1 Å². The zero-order chi connectivity index (χ0) is 19.2. The van der Waals surface area contributed by atoms with E-state index in [0.717, 1.165) is 43.6 Å². The van der Waals surface area contributed by atoms with Crippen molar-refractivity contribution in [3.8, 4) is 0 Å². The summed E-state index contributed by atoms with van der Waals surface area (Å²) in [6.45, 7) is 10.7. The quantitative estimate of drug-likeness (QED) is 0.242. The molecule has 0 aromatic rings. The van der Waals surface area contributed by atoms with Gasteiger partial charge >= 0.3 is 5.90 Å². The summed E-state index contributed by atoms with van der Waals surface area (Å²) in [6, 6.07) is 0. The van der Waals surface area contributed by atoms with Crippen molar-refractivity contribution in [2.75, 3.05) is 7.11 Å². The molecule has 3 unspecified atom stereocenters. The molecule has 0 saturated carbocycles. The molecule has 26 heavy (non-hydrogen) atoms. The van der Waals surface area contributed by atoms with Crippen LogP contribution < -0.4 is 4.67 Å². The molecule has 1 heterocycles. The molecule has 3 atom stereocenters. The normalized spacial score (nSPS) is 19.9. The Morgan fingerprint density at radius 3 is 2.69 bits per heavy atom. The second kappa shape index (κ2) is 13.8. The Hall–Kier alpha value is -1.31. The van der Waals surface area contributed by atoms with Gasteiger partial charge in [0.05, 0.1) is 6.10 Å². The van der Waals surface area contributed by atoms with E-state index in [2.05, 4.69) is 44.2 Å². The Morgan fingerprint density at radius 1 is 1.23 bits per heavy atom. The molecule has 0 aliphatic carbocycles. The van der Waals surface area contributed by atoms with Crippen LogP contribution in [0, 0.1) is 5.92 Å². The molecule has 1 aliphatic heterocycles. The van der Waals surface area contributed by atoms with Crippen LogP contribution in [0.3, 0.4) is 0 Å². The lowest BCUT2D eigenvalue weighted by Gasteiger charge is -2.22. The molecular formula is C23H40NO2+. The molecule has 148 valence electrons. The first-order chi connectivity index (χ1) is 12.7. The van der Waals surface area contributed by atoms with Gasteiger partial charge in [-0.15, -0.1) is 0 Å². The van der Waals surface area contributed by atoms with E-state index in [4.69, 9.17) is 9.47 Å². The van der Waals surface area contributed by atoms with Crippen molar-refractivity contribution >= 4 is 12.1 Å². The predicted octanol–water partition coefficient (Wildman–Crippen LogP) is 5.63. The van der Waals surface area contributed by atoms with Crippen molar-refractivity contribution in [3.05, 3.63) is 24.3 Å². The lowest BCUT2D eigenvalue weighted by Crippen LogP contribution is -2.34. The molecule has 0 amide bonds. The van der Waals surface area contributed by atoms with E-state index >= 15 is 0 Å². The number of methoxy groups -OCH3 is 1. The van der Waals surface area contributed by atoms with Gasteiger partial charge in [0.15, 0.2) is 0 Å². The van der Waals surface area contributed by atoms with Crippen LogP contribution in [-0.4, -0.2) is 31.4 Å². The number of rotatable bonds is 13. The predicted molar refractivity (Wildman–Crippen MR) is 114 cm³/mol. The number of nitrogens with zero attached hydrogens (tertiary/aromatic N) is 1. The van der Waals surface area contributed by atoms with Gasteiger partial charge in [0.25, 0.3) is 6.21 Å². The molecule has 3 nitrogen and oxygen atoms in total. The number of allylic oxidation sites excluding steroid dienone is 1. The first kappa shape index (κ1) is 22.7. The summed E-state index contributed by atoms with van der Waals surface area (Å²) in [6.07, 6.45) is 18.0. The van der Waals surface area contributed by atoms with Crippen LogP contribution in [0.5, 0.6) is 0 Å². The lowest BCUT2D eigenvalue weighted by atomic mass is 9.94. The minimum Gasteiger partial charge on any atom is -0.431 e. The number of unbranched alkanes of at least 4 members (excludes halogenated alkanes) is 4. The molecular weight excluding hydrogens is 322 g/mol. The number of ether oxygens (including phenoxy) is 2. The summed E-state index contributed by atoms with van der Waals surface area (Å²) < 4.78 is 16.7. The fourth-order valence-electron chi connectivity index (χ4n) is 3.51. The summed E-state index contributed by atoms with van der Waals surface area (Å²) in [5.74, 6) is 1.05. The van der Waals surface area contributed by atoms with E-state index < -0.39 is 0 Å². The van der Waals surface area contributed by atoms with Crippen LogP contribution in [0.25, 0.3) is 0 Å². The topological polar surface area (TPSA) is 32.6 Å². The highest BCUT2D eigenvalue weighted by Gasteiger charge is 2.36. The van der Waals surface area contributed by atoms with Gasteiger partial charge in [-0.2, -0.15) is 0 Å². The molecule has 0 bridgehead atoms. The summed E-state index contributed by atoms with van der Waals surface area (Å²) >= 11 is 0. The second-order valence-electron chi connectivity index (χ2n) is 7.33. The van der Waals surface area contributed by atoms with Crippen LogP contribution in [0.2, 0.25) is 0 Å². The van der Waals surface area contributed by atoms with Crippen LogP contribution >= 0.6 is 0 Å². The fraction of sp³-hybridized carbons (Fsp3) is 0.739. The average Bonchev–Trinajstić information content (AvgIpc) is 2.82. The molecule has 0 saturated heterocycles. The maximum Gasteiger partial charge on any atom is 0.467 e. The zero-order valence-corrected chi connectivity index (χ0v) is 17.5. The largest absolute Gasteiger partial charge is 0.467 e. The van der Waals surface area contributed by atoms with Gasteiger partial charge in [0.1, 0.15) is 12.0 Å². The first-order valence-electron chi connectivity index (χ1n) is 10.6. The third-order valence-electron chi connectivity index (χ3n) is 5.01. The van der Waals surface area contributed by atoms with E-state index in [1.807, 2.05) is 6.21 Å². The average molecular weight is 363 g/mol. The zero-order valence-electron chi connectivity index (χ0n) is 17.5. The molecule has 0 aromatic carbocycles. The SMILES string of the molecule is C=C1C=[N+]=C(C(CCC)C(CC)OC)OC(C/C=C/CCCCCC)C1. The van der Waals surface area contributed by atoms with Gasteiger partial charge in [0, 0.05) is 25.5 Å². The number of hydrogen-bond acceptors (Lipinski definition) is 2. The van der Waals surface area contributed by atoms with E-state index in [1.54, 1.807) is 7.11 Å². The molecule has 3 heteroatoms. The second-order valence-corrected chi connectivity index (χ2v) is 7.33. The molecule has 1 rings (SSSR count).